The number of halogens is 5. The first-order chi connectivity index (χ1) is 7.50. The fraction of sp³-hybridized carbons (Fsp3) is 0.167. The number of aromatic nitrogens is 1. The molecule has 0 radical (unpaired) electrons. The molecular formula is C6H2ClF4NO4S. The molecule has 0 saturated carbocycles. The summed E-state index contributed by atoms with van der Waals surface area (Å²) >= 11 is 0. The fourth-order valence-corrected chi connectivity index (χ4v) is 1.75. The molecule has 0 bridgehead atoms. The molecule has 0 atom stereocenters. The van der Waals surface area contributed by atoms with Crippen LogP contribution in [0, 0.1) is 5.82 Å². The lowest BCUT2D eigenvalue weighted by Gasteiger charge is -2.10. The van der Waals surface area contributed by atoms with Crippen LogP contribution in [0.25, 0.3) is 0 Å². The van der Waals surface area contributed by atoms with Gasteiger partial charge in [0.25, 0.3) is 14.6 Å². The van der Waals surface area contributed by atoms with E-state index in [4.69, 9.17) is 10.7 Å². The van der Waals surface area contributed by atoms with E-state index in [2.05, 4.69) is 4.74 Å². The number of aromatic amines is 1. The van der Waals surface area contributed by atoms with Crippen molar-refractivity contribution in [3.8, 4) is 5.88 Å². The second-order valence-electron chi connectivity index (χ2n) is 2.63. The van der Waals surface area contributed by atoms with Crippen LogP contribution in [0.4, 0.5) is 17.6 Å². The van der Waals surface area contributed by atoms with Gasteiger partial charge in [-0.2, -0.15) is 0 Å². The maximum absolute atomic E-state index is 12.7. The van der Waals surface area contributed by atoms with Crippen LogP contribution in [0.15, 0.2) is 15.8 Å². The highest BCUT2D eigenvalue weighted by molar-refractivity contribution is 8.13. The largest absolute Gasteiger partial charge is 0.574 e. The van der Waals surface area contributed by atoms with E-state index < -0.39 is 37.6 Å². The lowest BCUT2D eigenvalue weighted by molar-refractivity contribution is -0.277. The van der Waals surface area contributed by atoms with E-state index in [-0.39, 0.29) is 6.07 Å². The number of rotatable bonds is 2. The summed E-state index contributed by atoms with van der Waals surface area (Å²) in [7, 11) is 0.0450. The van der Waals surface area contributed by atoms with Crippen molar-refractivity contribution < 1.29 is 30.7 Å². The van der Waals surface area contributed by atoms with Crippen molar-refractivity contribution in [2.45, 2.75) is 11.3 Å². The summed E-state index contributed by atoms with van der Waals surface area (Å²) in [6.45, 7) is 0. The number of alkyl halides is 3. The molecule has 17 heavy (non-hydrogen) atoms. The van der Waals surface area contributed by atoms with Crippen LogP contribution in [0.2, 0.25) is 0 Å². The third kappa shape index (κ3) is 3.60. The van der Waals surface area contributed by atoms with Crippen molar-refractivity contribution in [1.29, 1.82) is 0 Å². The van der Waals surface area contributed by atoms with Crippen LogP contribution in [-0.2, 0) is 9.05 Å². The van der Waals surface area contributed by atoms with E-state index in [9.17, 15) is 30.8 Å². The zero-order chi connectivity index (χ0) is 13.4. The Kier molecular flexibility index (Phi) is 3.39. The van der Waals surface area contributed by atoms with Crippen molar-refractivity contribution >= 4 is 19.7 Å². The summed E-state index contributed by atoms with van der Waals surface area (Å²) in [5.74, 6) is -3.11. The van der Waals surface area contributed by atoms with Gasteiger partial charge in [-0.25, -0.2) is 12.8 Å². The number of ether oxygens (including phenoxy) is 1. The van der Waals surface area contributed by atoms with Crippen LogP contribution in [0.3, 0.4) is 0 Å². The molecule has 5 nitrogen and oxygen atoms in total. The Morgan fingerprint density at radius 3 is 2.29 bits per heavy atom. The first-order valence-corrected chi connectivity index (χ1v) is 5.95. The van der Waals surface area contributed by atoms with Gasteiger partial charge in [0.2, 0.25) is 5.88 Å². The molecule has 0 aromatic carbocycles. The Hall–Kier alpha value is -1.29. The number of pyridine rings is 1. The lowest BCUT2D eigenvalue weighted by Crippen LogP contribution is -2.23. The maximum Gasteiger partial charge on any atom is 0.574 e. The Bertz CT molecular complexity index is 593. The molecule has 1 aromatic heterocycles. The molecular weight excluding hydrogens is 294 g/mol. The van der Waals surface area contributed by atoms with Gasteiger partial charge in [0, 0.05) is 16.7 Å². The topological polar surface area (TPSA) is 76.2 Å². The normalized spacial score (nSPS) is 12.5. The number of nitrogens with one attached hydrogen (secondary N) is 1. The van der Waals surface area contributed by atoms with Gasteiger partial charge in [-0.15, -0.1) is 13.2 Å². The molecule has 1 heterocycles. The number of H-pyrrole nitrogens is 1. The average Bonchev–Trinajstić information content (AvgIpc) is 2.06. The molecule has 0 unspecified atom stereocenters. The molecule has 11 heteroatoms. The second-order valence-corrected chi connectivity index (χ2v) is 5.16. The molecule has 96 valence electrons. The minimum Gasteiger partial charge on any atom is -0.388 e. The van der Waals surface area contributed by atoms with Gasteiger partial charge in [-0.1, -0.05) is 0 Å². The van der Waals surface area contributed by atoms with E-state index >= 15 is 0 Å². The number of hydrogen-bond acceptors (Lipinski definition) is 4. The van der Waals surface area contributed by atoms with Crippen LogP contribution in [0.1, 0.15) is 0 Å². The Labute approximate surface area is 95.4 Å². The van der Waals surface area contributed by atoms with E-state index in [1.807, 2.05) is 0 Å². The molecule has 0 amide bonds. The standard InChI is InChI=1S/C6H2ClF4NO4S/c7-17(14,15)3-1-2(8)4(13)12-5(3)16-6(9,10)11/h1H,(H,12,13). The first-order valence-electron chi connectivity index (χ1n) is 3.64. The third-order valence-corrected chi connectivity index (χ3v) is 2.73. The van der Waals surface area contributed by atoms with Crippen molar-refractivity contribution in [3.63, 3.8) is 0 Å². The predicted molar refractivity (Wildman–Crippen MR) is 46.7 cm³/mol. The molecule has 0 saturated heterocycles. The van der Waals surface area contributed by atoms with Gasteiger partial charge >= 0.3 is 6.36 Å². The van der Waals surface area contributed by atoms with E-state index in [1.54, 1.807) is 0 Å². The quantitative estimate of drug-likeness (QED) is 0.660. The highest BCUT2D eigenvalue weighted by Gasteiger charge is 2.35. The smallest absolute Gasteiger partial charge is 0.388 e. The second kappa shape index (κ2) is 4.18. The van der Waals surface area contributed by atoms with Gasteiger partial charge < -0.3 is 4.74 Å². The summed E-state index contributed by atoms with van der Waals surface area (Å²) in [5.41, 5.74) is -1.58. The molecule has 1 N–H and O–H groups in total. The van der Waals surface area contributed by atoms with Crippen LogP contribution in [0.5, 0.6) is 5.88 Å². The summed E-state index contributed by atoms with van der Waals surface area (Å²) in [6, 6.07) is 0.0300. The van der Waals surface area contributed by atoms with Crippen LogP contribution in [-0.4, -0.2) is 19.8 Å². The summed E-state index contributed by atoms with van der Waals surface area (Å²) in [4.78, 5) is 10.6. The molecule has 0 aliphatic carbocycles. The molecule has 1 rings (SSSR count). The van der Waals surface area contributed by atoms with Crippen molar-refractivity contribution in [3.05, 3.63) is 22.2 Å². The van der Waals surface area contributed by atoms with Crippen molar-refractivity contribution in [2.75, 3.05) is 0 Å². The van der Waals surface area contributed by atoms with Crippen molar-refractivity contribution in [1.82, 2.24) is 4.98 Å². The van der Waals surface area contributed by atoms with Gasteiger partial charge in [0.15, 0.2) is 5.82 Å². The maximum atomic E-state index is 12.7. The molecule has 0 aliphatic rings. The zero-order valence-electron chi connectivity index (χ0n) is 7.51. The predicted octanol–water partition coefficient (Wildman–Crippen LogP) is 1.34. The van der Waals surface area contributed by atoms with Gasteiger partial charge in [0.1, 0.15) is 4.90 Å². The van der Waals surface area contributed by atoms with Gasteiger partial charge in [-0.3, -0.25) is 9.78 Å². The highest BCUT2D eigenvalue weighted by atomic mass is 35.7. The molecule has 0 fully saturated rings. The van der Waals surface area contributed by atoms with Crippen LogP contribution < -0.4 is 10.3 Å². The minimum absolute atomic E-state index is 0.0300. The molecule has 0 spiro atoms. The van der Waals surface area contributed by atoms with Gasteiger partial charge in [0.05, 0.1) is 0 Å². The first kappa shape index (κ1) is 13.8. The fourth-order valence-electron chi connectivity index (χ4n) is 0.843. The van der Waals surface area contributed by atoms with Gasteiger partial charge in [-0.05, 0) is 0 Å². The highest BCUT2D eigenvalue weighted by Crippen LogP contribution is 2.28. The monoisotopic (exact) mass is 295 g/mol. The minimum atomic E-state index is -5.27. The lowest BCUT2D eigenvalue weighted by atomic mass is 10.4. The Morgan fingerprint density at radius 1 is 1.35 bits per heavy atom. The summed E-state index contributed by atoms with van der Waals surface area (Å²) in [5, 5.41) is 0. The summed E-state index contributed by atoms with van der Waals surface area (Å²) in [6.07, 6.45) is -5.27. The Morgan fingerprint density at radius 2 is 1.88 bits per heavy atom. The van der Waals surface area contributed by atoms with Crippen molar-refractivity contribution in [2.24, 2.45) is 0 Å². The zero-order valence-corrected chi connectivity index (χ0v) is 9.08. The average molecular weight is 296 g/mol. The molecule has 0 aliphatic heterocycles. The van der Waals surface area contributed by atoms with E-state index in [1.165, 1.54) is 4.98 Å². The number of hydrogen-bond donors (Lipinski definition) is 1. The third-order valence-electron chi connectivity index (χ3n) is 1.41. The molecule has 1 aromatic rings. The summed E-state index contributed by atoms with van der Waals surface area (Å²) < 4.78 is 73.2. The van der Waals surface area contributed by atoms with Crippen LogP contribution >= 0.6 is 10.7 Å². The SMILES string of the molecule is O=c1[nH]c(OC(F)(F)F)c(S(=O)(=O)Cl)cc1F. The van der Waals surface area contributed by atoms with E-state index in [0.29, 0.717) is 0 Å². The Balaban J connectivity index is 3.48. The van der Waals surface area contributed by atoms with E-state index in [0.717, 1.165) is 0 Å².